The lowest BCUT2D eigenvalue weighted by Gasteiger charge is -2.35. The number of benzene rings is 1. The molecule has 0 radical (unpaired) electrons. The molecule has 1 heterocycles. The number of carbonyl (C=O) groups excluding carboxylic acids is 2. The number of pyridine rings is 1. The van der Waals surface area contributed by atoms with Gasteiger partial charge >= 0.3 is 0 Å². The highest BCUT2D eigenvalue weighted by molar-refractivity contribution is 14.1. The summed E-state index contributed by atoms with van der Waals surface area (Å²) in [6, 6.07) is 12.3. The first-order valence-electron chi connectivity index (χ1n) is 7.12. The van der Waals surface area contributed by atoms with Crippen LogP contribution in [0.25, 0.3) is 0 Å². The molecular weight excluding hydrogens is 405 g/mol. The van der Waals surface area contributed by atoms with Crippen molar-refractivity contribution in [2.45, 2.75) is 26.3 Å². The molecule has 120 valence electrons. The van der Waals surface area contributed by atoms with E-state index in [-0.39, 0.29) is 17.5 Å². The van der Waals surface area contributed by atoms with Crippen LogP contribution >= 0.6 is 22.6 Å². The SMILES string of the molecule is CC(C)(C)N(NC(=O)c1ccccc1I)C(=O)c1ccccn1. The minimum absolute atomic E-state index is 0.283. The first-order valence-corrected chi connectivity index (χ1v) is 8.19. The molecule has 2 amide bonds. The standard InChI is InChI=1S/C17H18IN3O2/c1-17(2,3)21(16(23)14-10-6-7-11-19-14)20-15(22)12-8-4-5-9-13(12)18/h4-11H,1-3H3,(H,20,22). The smallest absolute Gasteiger partial charge is 0.267 e. The molecule has 0 unspecified atom stereocenters. The number of nitrogens with one attached hydrogen (secondary N) is 1. The fourth-order valence-electron chi connectivity index (χ4n) is 1.93. The van der Waals surface area contributed by atoms with E-state index in [4.69, 9.17) is 0 Å². The summed E-state index contributed by atoms with van der Waals surface area (Å²) >= 11 is 2.10. The van der Waals surface area contributed by atoms with Crippen LogP contribution in [-0.2, 0) is 0 Å². The Kier molecular flexibility index (Phi) is 5.35. The molecule has 2 rings (SSSR count). The molecule has 1 N–H and O–H groups in total. The van der Waals surface area contributed by atoms with Crippen LogP contribution in [0.4, 0.5) is 0 Å². The van der Waals surface area contributed by atoms with Crippen molar-refractivity contribution in [1.82, 2.24) is 15.4 Å². The Morgan fingerprint density at radius 1 is 1.09 bits per heavy atom. The lowest BCUT2D eigenvalue weighted by Crippen LogP contribution is -2.56. The Hall–Kier alpha value is -1.96. The maximum absolute atomic E-state index is 12.7. The lowest BCUT2D eigenvalue weighted by molar-refractivity contribution is 0.0353. The van der Waals surface area contributed by atoms with Gasteiger partial charge in [0.25, 0.3) is 11.8 Å². The third-order valence-electron chi connectivity index (χ3n) is 3.09. The average molecular weight is 423 g/mol. The molecule has 1 aromatic carbocycles. The summed E-state index contributed by atoms with van der Waals surface area (Å²) in [5.74, 6) is -0.674. The van der Waals surface area contributed by atoms with Gasteiger partial charge in [-0.3, -0.25) is 20.0 Å². The zero-order valence-corrected chi connectivity index (χ0v) is 15.4. The van der Waals surface area contributed by atoms with Crippen molar-refractivity contribution >= 4 is 34.4 Å². The fraction of sp³-hybridized carbons (Fsp3) is 0.235. The topological polar surface area (TPSA) is 62.3 Å². The molecule has 6 heteroatoms. The van der Waals surface area contributed by atoms with E-state index >= 15 is 0 Å². The zero-order valence-electron chi connectivity index (χ0n) is 13.2. The second-order valence-corrected chi connectivity index (χ2v) is 7.11. The number of amides is 2. The van der Waals surface area contributed by atoms with Crippen molar-refractivity contribution in [3.8, 4) is 0 Å². The maximum Gasteiger partial charge on any atom is 0.291 e. The molecule has 23 heavy (non-hydrogen) atoms. The van der Waals surface area contributed by atoms with Gasteiger partial charge in [0.2, 0.25) is 0 Å². The van der Waals surface area contributed by atoms with E-state index in [1.54, 1.807) is 36.5 Å². The van der Waals surface area contributed by atoms with Crippen molar-refractivity contribution in [3.63, 3.8) is 0 Å². The van der Waals surface area contributed by atoms with Crippen LogP contribution < -0.4 is 5.43 Å². The van der Waals surface area contributed by atoms with E-state index in [2.05, 4.69) is 33.0 Å². The highest BCUT2D eigenvalue weighted by Crippen LogP contribution is 2.16. The molecule has 0 aliphatic heterocycles. The number of rotatable bonds is 2. The van der Waals surface area contributed by atoms with E-state index in [0.717, 1.165) is 3.57 Å². The van der Waals surface area contributed by atoms with E-state index < -0.39 is 5.54 Å². The van der Waals surface area contributed by atoms with Crippen LogP contribution in [0.3, 0.4) is 0 Å². The summed E-state index contributed by atoms with van der Waals surface area (Å²) in [6.07, 6.45) is 1.55. The Morgan fingerprint density at radius 2 is 1.74 bits per heavy atom. The van der Waals surface area contributed by atoms with Gasteiger partial charge in [0.1, 0.15) is 5.69 Å². The van der Waals surface area contributed by atoms with Crippen LogP contribution in [-0.4, -0.2) is 27.3 Å². The number of hydrogen-bond donors (Lipinski definition) is 1. The van der Waals surface area contributed by atoms with Gasteiger partial charge in [-0.2, -0.15) is 0 Å². The summed E-state index contributed by atoms with van der Waals surface area (Å²) in [4.78, 5) is 29.3. The number of hydrogen-bond acceptors (Lipinski definition) is 3. The van der Waals surface area contributed by atoms with Crippen molar-refractivity contribution in [2.24, 2.45) is 0 Å². The van der Waals surface area contributed by atoms with Crippen molar-refractivity contribution < 1.29 is 9.59 Å². The molecule has 0 saturated heterocycles. The van der Waals surface area contributed by atoms with Crippen LogP contribution in [0, 0.1) is 3.57 Å². The van der Waals surface area contributed by atoms with Gasteiger partial charge in [-0.1, -0.05) is 18.2 Å². The third-order valence-corrected chi connectivity index (χ3v) is 4.03. The van der Waals surface area contributed by atoms with Gasteiger partial charge in [0.15, 0.2) is 0 Å². The second kappa shape index (κ2) is 7.08. The van der Waals surface area contributed by atoms with E-state index in [1.165, 1.54) is 5.01 Å². The van der Waals surface area contributed by atoms with Gasteiger partial charge in [-0.05, 0) is 67.6 Å². The fourth-order valence-corrected chi connectivity index (χ4v) is 2.57. The largest absolute Gasteiger partial charge is 0.291 e. The van der Waals surface area contributed by atoms with Crippen molar-refractivity contribution in [1.29, 1.82) is 0 Å². The van der Waals surface area contributed by atoms with Crippen molar-refractivity contribution in [2.75, 3.05) is 0 Å². The Balaban J connectivity index is 2.29. The number of carbonyl (C=O) groups is 2. The van der Waals surface area contributed by atoms with E-state index in [9.17, 15) is 9.59 Å². The minimum Gasteiger partial charge on any atom is -0.267 e. The first kappa shape index (κ1) is 17.4. The molecule has 0 bridgehead atoms. The van der Waals surface area contributed by atoms with E-state index in [1.807, 2.05) is 32.9 Å². The third kappa shape index (κ3) is 4.28. The highest BCUT2D eigenvalue weighted by Gasteiger charge is 2.30. The van der Waals surface area contributed by atoms with Gasteiger partial charge in [0.05, 0.1) is 11.1 Å². The van der Waals surface area contributed by atoms with Crippen LogP contribution in [0.15, 0.2) is 48.7 Å². The summed E-state index contributed by atoms with van der Waals surface area (Å²) < 4.78 is 0.821. The monoisotopic (exact) mass is 423 g/mol. The Morgan fingerprint density at radius 3 is 2.30 bits per heavy atom. The number of halogens is 1. The predicted molar refractivity (Wildman–Crippen MR) is 96.8 cm³/mol. The molecule has 0 aliphatic rings. The molecule has 5 nitrogen and oxygen atoms in total. The maximum atomic E-state index is 12.7. The number of hydrazine groups is 1. The van der Waals surface area contributed by atoms with E-state index in [0.29, 0.717) is 5.56 Å². The lowest BCUT2D eigenvalue weighted by atomic mass is 10.1. The predicted octanol–water partition coefficient (Wildman–Crippen LogP) is 3.27. The molecule has 1 aromatic heterocycles. The minimum atomic E-state index is -0.593. The molecule has 0 saturated carbocycles. The van der Waals surface area contributed by atoms with Crippen LogP contribution in [0.1, 0.15) is 41.6 Å². The number of aromatic nitrogens is 1. The van der Waals surface area contributed by atoms with Crippen LogP contribution in [0.2, 0.25) is 0 Å². The Bertz CT molecular complexity index is 711. The quantitative estimate of drug-likeness (QED) is 0.596. The summed E-state index contributed by atoms with van der Waals surface area (Å²) in [6.45, 7) is 5.55. The van der Waals surface area contributed by atoms with Crippen molar-refractivity contribution in [3.05, 3.63) is 63.5 Å². The van der Waals surface area contributed by atoms with Crippen LogP contribution in [0.5, 0.6) is 0 Å². The summed E-state index contributed by atoms with van der Waals surface area (Å²) in [7, 11) is 0. The normalized spacial score (nSPS) is 11.0. The molecule has 0 atom stereocenters. The summed E-state index contributed by atoms with van der Waals surface area (Å²) in [5, 5.41) is 1.32. The van der Waals surface area contributed by atoms with Gasteiger partial charge in [-0.15, -0.1) is 0 Å². The first-order chi connectivity index (χ1) is 10.8. The molecule has 0 fully saturated rings. The number of nitrogens with zero attached hydrogens (tertiary/aromatic N) is 2. The molecular formula is C17H18IN3O2. The molecule has 2 aromatic rings. The van der Waals surface area contributed by atoms with Gasteiger partial charge in [0, 0.05) is 9.77 Å². The van der Waals surface area contributed by atoms with Gasteiger partial charge in [-0.25, -0.2) is 5.01 Å². The zero-order chi connectivity index (χ0) is 17.0. The van der Waals surface area contributed by atoms with Gasteiger partial charge < -0.3 is 0 Å². The highest BCUT2D eigenvalue weighted by atomic mass is 127. The summed E-state index contributed by atoms with van der Waals surface area (Å²) in [5.41, 5.74) is 2.93. The Labute approximate surface area is 149 Å². The molecule has 0 aliphatic carbocycles. The second-order valence-electron chi connectivity index (χ2n) is 5.95. The average Bonchev–Trinajstić information content (AvgIpc) is 2.52. The molecule has 0 spiro atoms.